The van der Waals surface area contributed by atoms with Crippen LogP contribution in [-0.2, 0) is 14.2 Å². The molecule has 154 valence electrons. The highest BCUT2D eigenvalue weighted by Crippen LogP contribution is 2.02. The van der Waals surface area contributed by atoms with Gasteiger partial charge in [-0.2, -0.15) is 0 Å². The maximum absolute atomic E-state index is 5.73. The average molecular weight is 373 g/mol. The van der Waals surface area contributed by atoms with Gasteiger partial charge >= 0.3 is 0 Å². The number of rotatable bonds is 13. The number of hydrogen-bond acceptors (Lipinski definition) is 7. The van der Waals surface area contributed by atoms with Crippen LogP contribution in [0.15, 0.2) is 0 Å². The summed E-state index contributed by atoms with van der Waals surface area (Å²) in [5, 5.41) is 0. The molecule has 0 spiro atoms. The van der Waals surface area contributed by atoms with Crippen LogP contribution in [-0.4, -0.2) is 138 Å². The molecule has 0 atom stereocenters. The Labute approximate surface area is 160 Å². The molecular formula is C19H40N4O3. The molecule has 0 radical (unpaired) electrons. The Morgan fingerprint density at radius 3 is 1.31 bits per heavy atom. The number of piperazine rings is 2. The molecule has 0 N–H and O–H groups in total. The smallest absolute Gasteiger partial charge is 0.0701 e. The number of hydrogen-bond donors (Lipinski definition) is 0. The van der Waals surface area contributed by atoms with Gasteiger partial charge in [-0.3, -0.25) is 14.7 Å². The number of nitrogens with zero attached hydrogens (tertiary/aromatic N) is 4. The Morgan fingerprint density at radius 1 is 0.538 bits per heavy atom. The van der Waals surface area contributed by atoms with Gasteiger partial charge in [0.25, 0.3) is 0 Å². The molecule has 26 heavy (non-hydrogen) atoms. The summed E-state index contributed by atoms with van der Waals surface area (Å²) < 4.78 is 16.6. The van der Waals surface area contributed by atoms with Gasteiger partial charge in [-0.1, -0.05) is 6.92 Å². The van der Waals surface area contributed by atoms with Crippen LogP contribution in [0.1, 0.15) is 6.92 Å². The Balaban J connectivity index is 1.34. The van der Waals surface area contributed by atoms with Gasteiger partial charge in [0.1, 0.15) is 0 Å². The summed E-state index contributed by atoms with van der Waals surface area (Å²) in [5.74, 6) is 0. The first kappa shape index (κ1) is 22.0. The third-order valence-electron chi connectivity index (χ3n) is 5.46. The van der Waals surface area contributed by atoms with Crippen molar-refractivity contribution in [3.8, 4) is 0 Å². The molecule has 0 aromatic carbocycles. The van der Waals surface area contributed by atoms with Crippen LogP contribution in [0, 0.1) is 0 Å². The third-order valence-corrected chi connectivity index (χ3v) is 5.46. The first-order valence-corrected chi connectivity index (χ1v) is 10.4. The molecule has 2 fully saturated rings. The van der Waals surface area contributed by atoms with E-state index >= 15 is 0 Å². The van der Waals surface area contributed by atoms with Crippen molar-refractivity contribution in [2.24, 2.45) is 0 Å². The lowest BCUT2D eigenvalue weighted by atomic mass is 10.3. The normalized spacial score (nSPS) is 21.5. The van der Waals surface area contributed by atoms with Crippen molar-refractivity contribution in [2.45, 2.75) is 6.92 Å². The first-order valence-electron chi connectivity index (χ1n) is 10.4. The van der Waals surface area contributed by atoms with Crippen LogP contribution in [0.5, 0.6) is 0 Å². The molecule has 2 heterocycles. The van der Waals surface area contributed by atoms with Crippen molar-refractivity contribution < 1.29 is 14.2 Å². The van der Waals surface area contributed by atoms with E-state index in [2.05, 4.69) is 26.5 Å². The summed E-state index contributed by atoms with van der Waals surface area (Å²) in [6.45, 7) is 19.7. The summed E-state index contributed by atoms with van der Waals surface area (Å²) in [4.78, 5) is 9.96. The Kier molecular flexibility index (Phi) is 11.7. The van der Waals surface area contributed by atoms with Crippen molar-refractivity contribution in [1.82, 2.24) is 19.6 Å². The predicted molar refractivity (Wildman–Crippen MR) is 105 cm³/mol. The number of ether oxygens (including phenoxy) is 3. The molecule has 0 aliphatic carbocycles. The summed E-state index contributed by atoms with van der Waals surface area (Å²) >= 11 is 0. The minimum absolute atomic E-state index is 0.706. The summed E-state index contributed by atoms with van der Waals surface area (Å²) in [6, 6.07) is 0. The molecule has 0 bridgehead atoms. The molecule has 0 aromatic heterocycles. The fraction of sp³-hybridized carbons (Fsp3) is 1.00. The van der Waals surface area contributed by atoms with Gasteiger partial charge in [-0.25, -0.2) is 0 Å². The maximum Gasteiger partial charge on any atom is 0.0701 e. The number of methoxy groups -OCH3 is 1. The van der Waals surface area contributed by atoms with E-state index < -0.39 is 0 Å². The second kappa shape index (κ2) is 13.8. The van der Waals surface area contributed by atoms with Crippen molar-refractivity contribution >= 4 is 0 Å². The van der Waals surface area contributed by atoms with Gasteiger partial charge in [-0.05, 0) is 6.54 Å². The standard InChI is InChI=1S/C19H40N4O3/c1-3-20-4-6-22(7-5-20)13-16-25-18-19-26-17-14-23-10-8-21(9-11-23)12-15-24-2/h3-19H2,1-2H3. The predicted octanol–water partition coefficient (Wildman–Crippen LogP) is -0.0789. The molecule has 2 saturated heterocycles. The SMILES string of the molecule is CCN1CCN(CCOCCOCCN2CCN(CCOC)CC2)CC1. The summed E-state index contributed by atoms with van der Waals surface area (Å²) in [6.07, 6.45) is 0. The fourth-order valence-corrected chi connectivity index (χ4v) is 3.50. The quantitative estimate of drug-likeness (QED) is 0.419. The van der Waals surface area contributed by atoms with E-state index in [0.717, 1.165) is 65.6 Å². The van der Waals surface area contributed by atoms with Gasteiger partial charge in [0.05, 0.1) is 33.0 Å². The fourth-order valence-electron chi connectivity index (χ4n) is 3.50. The minimum atomic E-state index is 0.706. The van der Waals surface area contributed by atoms with Crippen LogP contribution < -0.4 is 0 Å². The van der Waals surface area contributed by atoms with Crippen molar-refractivity contribution in [1.29, 1.82) is 0 Å². The van der Waals surface area contributed by atoms with E-state index in [-0.39, 0.29) is 0 Å². The Morgan fingerprint density at radius 2 is 0.923 bits per heavy atom. The minimum Gasteiger partial charge on any atom is -0.383 e. The molecule has 7 nitrogen and oxygen atoms in total. The second-order valence-corrected chi connectivity index (χ2v) is 7.18. The molecular weight excluding hydrogens is 332 g/mol. The largest absolute Gasteiger partial charge is 0.383 e. The van der Waals surface area contributed by atoms with Gasteiger partial charge < -0.3 is 19.1 Å². The van der Waals surface area contributed by atoms with Crippen LogP contribution >= 0.6 is 0 Å². The number of likely N-dealkylation sites (N-methyl/N-ethyl adjacent to an activating group) is 1. The first-order chi connectivity index (χ1) is 12.8. The maximum atomic E-state index is 5.73. The van der Waals surface area contributed by atoms with Gasteiger partial charge in [0.15, 0.2) is 0 Å². The van der Waals surface area contributed by atoms with Gasteiger partial charge in [0.2, 0.25) is 0 Å². The Hall–Kier alpha value is -0.280. The van der Waals surface area contributed by atoms with E-state index in [1.54, 1.807) is 7.11 Å². The molecule has 0 aromatic rings. The van der Waals surface area contributed by atoms with Crippen LogP contribution in [0.3, 0.4) is 0 Å². The molecule has 2 rings (SSSR count). The highest BCUT2D eigenvalue weighted by atomic mass is 16.5. The van der Waals surface area contributed by atoms with E-state index in [1.165, 1.54) is 32.7 Å². The molecule has 0 saturated carbocycles. The van der Waals surface area contributed by atoms with Crippen molar-refractivity contribution in [2.75, 3.05) is 119 Å². The zero-order chi connectivity index (χ0) is 18.5. The zero-order valence-corrected chi connectivity index (χ0v) is 17.0. The highest BCUT2D eigenvalue weighted by Gasteiger charge is 2.16. The second-order valence-electron chi connectivity index (χ2n) is 7.18. The lowest BCUT2D eigenvalue weighted by molar-refractivity contribution is 0.0205. The highest BCUT2D eigenvalue weighted by molar-refractivity contribution is 4.72. The van der Waals surface area contributed by atoms with Gasteiger partial charge in [-0.15, -0.1) is 0 Å². The van der Waals surface area contributed by atoms with Crippen LogP contribution in [0.4, 0.5) is 0 Å². The topological polar surface area (TPSA) is 40.7 Å². The lowest BCUT2D eigenvalue weighted by Gasteiger charge is -2.34. The lowest BCUT2D eigenvalue weighted by Crippen LogP contribution is -2.48. The molecule has 0 amide bonds. The third kappa shape index (κ3) is 9.08. The monoisotopic (exact) mass is 372 g/mol. The molecule has 2 aliphatic heterocycles. The Bertz CT molecular complexity index is 333. The van der Waals surface area contributed by atoms with E-state index in [9.17, 15) is 0 Å². The zero-order valence-electron chi connectivity index (χ0n) is 17.0. The molecule has 0 unspecified atom stereocenters. The molecule has 2 aliphatic rings. The van der Waals surface area contributed by atoms with E-state index in [0.29, 0.717) is 13.2 Å². The van der Waals surface area contributed by atoms with Crippen LogP contribution in [0.25, 0.3) is 0 Å². The van der Waals surface area contributed by atoms with Crippen molar-refractivity contribution in [3.63, 3.8) is 0 Å². The summed E-state index contributed by atoms with van der Waals surface area (Å²) in [5.41, 5.74) is 0. The van der Waals surface area contributed by atoms with Gasteiger partial charge in [0, 0.05) is 79.1 Å². The van der Waals surface area contributed by atoms with E-state index in [4.69, 9.17) is 14.2 Å². The van der Waals surface area contributed by atoms with E-state index in [1.807, 2.05) is 0 Å². The van der Waals surface area contributed by atoms with Crippen LogP contribution in [0.2, 0.25) is 0 Å². The molecule has 7 heteroatoms. The van der Waals surface area contributed by atoms with Crippen molar-refractivity contribution in [3.05, 3.63) is 0 Å². The average Bonchev–Trinajstić information content (AvgIpc) is 2.69. The summed E-state index contributed by atoms with van der Waals surface area (Å²) in [7, 11) is 1.77.